The molecular weight excluding hydrogens is 288 g/mol. The van der Waals surface area contributed by atoms with Crippen molar-refractivity contribution in [3.8, 4) is 0 Å². The number of hydrogen-bond donors (Lipinski definition) is 2. The van der Waals surface area contributed by atoms with Crippen LogP contribution in [0.25, 0.3) is 10.9 Å². The lowest BCUT2D eigenvalue weighted by atomic mass is 10.2. The van der Waals surface area contributed by atoms with Crippen LogP contribution in [-0.2, 0) is 13.1 Å². The first-order chi connectivity index (χ1) is 11.4. The Morgan fingerprint density at radius 3 is 2.87 bits per heavy atom. The molecule has 4 aromatic rings. The molecule has 0 fully saturated rings. The van der Waals surface area contributed by atoms with E-state index in [4.69, 9.17) is 0 Å². The van der Waals surface area contributed by atoms with E-state index in [1.54, 1.807) is 6.20 Å². The Morgan fingerprint density at radius 1 is 1.04 bits per heavy atom. The van der Waals surface area contributed by atoms with Gasteiger partial charge in [0.25, 0.3) is 0 Å². The van der Waals surface area contributed by atoms with Gasteiger partial charge in [-0.15, -0.1) is 5.10 Å². The lowest BCUT2D eigenvalue weighted by molar-refractivity contribution is 0.623. The molecule has 0 atom stereocenters. The van der Waals surface area contributed by atoms with Crippen LogP contribution in [0.4, 0.5) is 5.69 Å². The molecule has 6 heteroatoms. The molecule has 4 rings (SSSR count). The second-order valence-electron chi connectivity index (χ2n) is 5.39. The van der Waals surface area contributed by atoms with Crippen LogP contribution in [0.1, 0.15) is 11.3 Å². The average Bonchev–Trinajstić information content (AvgIpc) is 3.22. The summed E-state index contributed by atoms with van der Waals surface area (Å²) in [6.45, 7) is 1.39. The molecule has 0 bridgehead atoms. The minimum atomic E-state index is 0.670. The highest BCUT2D eigenvalue weighted by atomic mass is 15.4. The van der Waals surface area contributed by atoms with Gasteiger partial charge in [0, 0.05) is 11.1 Å². The highest BCUT2D eigenvalue weighted by molar-refractivity contribution is 5.81. The summed E-state index contributed by atoms with van der Waals surface area (Å²) in [4.78, 5) is 0. The van der Waals surface area contributed by atoms with Crippen LogP contribution < -0.4 is 5.32 Å². The van der Waals surface area contributed by atoms with E-state index < -0.39 is 0 Å². The Bertz CT molecular complexity index is 909. The molecule has 0 aliphatic heterocycles. The normalized spacial score (nSPS) is 11.0. The van der Waals surface area contributed by atoms with Gasteiger partial charge in [-0.1, -0.05) is 35.5 Å². The average molecular weight is 304 g/mol. The van der Waals surface area contributed by atoms with Crippen molar-refractivity contribution in [2.45, 2.75) is 13.1 Å². The third-order valence-corrected chi connectivity index (χ3v) is 3.79. The highest BCUT2D eigenvalue weighted by Crippen LogP contribution is 2.17. The van der Waals surface area contributed by atoms with Crippen LogP contribution >= 0.6 is 0 Å². The first-order valence-electron chi connectivity index (χ1n) is 7.47. The number of anilines is 1. The van der Waals surface area contributed by atoms with Gasteiger partial charge in [-0.25, -0.2) is 4.68 Å². The van der Waals surface area contributed by atoms with Crippen LogP contribution in [-0.4, -0.2) is 25.2 Å². The monoisotopic (exact) mass is 304 g/mol. The first-order valence-corrected chi connectivity index (χ1v) is 7.47. The highest BCUT2D eigenvalue weighted by Gasteiger charge is 2.05. The number of nitrogens with zero attached hydrogens (tertiary/aromatic N) is 4. The third-order valence-electron chi connectivity index (χ3n) is 3.79. The van der Waals surface area contributed by atoms with Crippen LogP contribution in [0.5, 0.6) is 0 Å². The quantitative estimate of drug-likeness (QED) is 0.595. The number of benzene rings is 2. The van der Waals surface area contributed by atoms with Gasteiger partial charge < -0.3 is 5.32 Å². The predicted octanol–water partition coefficient (Wildman–Crippen LogP) is 2.81. The fourth-order valence-electron chi connectivity index (χ4n) is 2.55. The second-order valence-corrected chi connectivity index (χ2v) is 5.39. The van der Waals surface area contributed by atoms with Crippen molar-refractivity contribution in [3.63, 3.8) is 0 Å². The molecule has 2 aromatic carbocycles. The molecule has 0 amide bonds. The summed E-state index contributed by atoms with van der Waals surface area (Å²) in [6.07, 6.45) is 3.62. The number of nitrogens with one attached hydrogen (secondary N) is 2. The SMILES string of the molecule is c1ccc(Cn2nncc2CNc2ccc3[nH]ncc3c2)cc1. The topological polar surface area (TPSA) is 71.4 Å². The van der Waals surface area contributed by atoms with Crippen molar-refractivity contribution < 1.29 is 0 Å². The van der Waals surface area contributed by atoms with Gasteiger partial charge in [0.1, 0.15) is 0 Å². The van der Waals surface area contributed by atoms with Crippen molar-refractivity contribution in [2.24, 2.45) is 0 Å². The predicted molar refractivity (Wildman–Crippen MR) is 89.0 cm³/mol. The minimum Gasteiger partial charge on any atom is -0.379 e. The first kappa shape index (κ1) is 13.5. The molecule has 0 radical (unpaired) electrons. The summed E-state index contributed by atoms with van der Waals surface area (Å²) in [5.74, 6) is 0. The van der Waals surface area contributed by atoms with E-state index in [-0.39, 0.29) is 0 Å². The van der Waals surface area contributed by atoms with Gasteiger partial charge in [-0.2, -0.15) is 5.10 Å². The minimum absolute atomic E-state index is 0.670. The summed E-state index contributed by atoms with van der Waals surface area (Å²) in [7, 11) is 0. The Morgan fingerprint density at radius 2 is 1.96 bits per heavy atom. The summed E-state index contributed by atoms with van der Waals surface area (Å²) in [5.41, 5.74) is 4.33. The zero-order chi connectivity index (χ0) is 15.5. The Labute approximate surface area is 133 Å². The lowest BCUT2D eigenvalue weighted by Gasteiger charge is -2.09. The summed E-state index contributed by atoms with van der Waals surface area (Å²) < 4.78 is 1.92. The molecule has 6 nitrogen and oxygen atoms in total. The molecule has 2 aromatic heterocycles. The molecule has 2 N–H and O–H groups in total. The van der Waals surface area contributed by atoms with E-state index in [0.717, 1.165) is 28.8 Å². The van der Waals surface area contributed by atoms with Gasteiger partial charge in [0.15, 0.2) is 0 Å². The maximum atomic E-state index is 4.18. The van der Waals surface area contributed by atoms with Crippen molar-refractivity contribution in [1.82, 2.24) is 25.2 Å². The van der Waals surface area contributed by atoms with Gasteiger partial charge in [0.05, 0.1) is 36.7 Å². The summed E-state index contributed by atoms with van der Waals surface area (Å²) >= 11 is 0. The van der Waals surface area contributed by atoms with Gasteiger partial charge >= 0.3 is 0 Å². The number of H-pyrrole nitrogens is 1. The standard InChI is InChI=1S/C17H16N6/c1-2-4-13(5-3-1)12-23-16(11-20-22-23)10-18-15-6-7-17-14(8-15)9-19-21-17/h1-9,11,18H,10,12H2,(H,19,21). The number of fused-ring (bicyclic) bond motifs is 1. The number of hydrogen-bond acceptors (Lipinski definition) is 4. The van der Waals surface area contributed by atoms with Gasteiger partial charge in [-0.05, 0) is 23.8 Å². The van der Waals surface area contributed by atoms with E-state index in [0.29, 0.717) is 6.54 Å². The van der Waals surface area contributed by atoms with E-state index in [1.807, 2.05) is 41.2 Å². The zero-order valence-electron chi connectivity index (χ0n) is 12.5. The van der Waals surface area contributed by atoms with Crippen LogP contribution in [0, 0.1) is 0 Å². The van der Waals surface area contributed by atoms with E-state index in [2.05, 4.69) is 44.0 Å². The summed E-state index contributed by atoms with van der Waals surface area (Å²) in [6, 6.07) is 16.4. The molecule has 0 aliphatic rings. The zero-order valence-corrected chi connectivity index (χ0v) is 12.5. The maximum absolute atomic E-state index is 4.18. The smallest absolute Gasteiger partial charge is 0.0782 e. The number of rotatable bonds is 5. The van der Waals surface area contributed by atoms with Crippen LogP contribution in [0.2, 0.25) is 0 Å². The lowest BCUT2D eigenvalue weighted by Crippen LogP contribution is -2.10. The third kappa shape index (κ3) is 2.91. The molecular formula is C17H16N6. The molecule has 0 aliphatic carbocycles. The van der Waals surface area contributed by atoms with Crippen molar-refractivity contribution in [3.05, 3.63) is 72.2 Å². The molecule has 0 saturated carbocycles. The van der Waals surface area contributed by atoms with Gasteiger partial charge in [0.2, 0.25) is 0 Å². The fourth-order valence-corrected chi connectivity index (χ4v) is 2.55. The van der Waals surface area contributed by atoms with Crippen molar-refractivity contribution >= 4 is 16.6 Å². The molecule has 114 valence electrons. The van der Waals surface area contributed by atoms with Crippen molar-refractivity contribution in [2.75, 3.05) is 5.32 Å². The maximum Gasteiger partial charge on any atom is 0.0782 e. The van der Waals surface area contributed by atoms with Gasteiger partial charge in [-0.3, -0.25) is 5.10 Å². The Balaban J connectivity index is 1.48. The fraction of sp³-hybridized carbons (Fsp3) is 0.118. The number of aromatic nitrogens is 5. The van der Waals surface area contributed by atoms with Crippen molar-refractivity contribution in [1.29, 1.82) is 0 Å². The summed E-state index contributed by atoms with van der Waals surface area (Å²) in [5, 5.41) is 19.7. The van der Waals surface area contributed by atoms with E-state index in [9.17, 15) is 0 Å². The molecule has 0 saturated heterocycles. The largest absolute Gasteiger partial charge is 0.379 e. The van der Waals surface area contributed by atoms with Crippen LogP contribution in [0.15, 0.2) is 60.9 Å². The second kappa shape index (κ2) is 5.92. The Kier molecular flexibility index (Phi) is 3.48. The van der Waals surface area contributed by atoms with Crippen LogP contribution in [0.3, 0.4) is 0 Å². The Hall–Kier alpha value is -3.15. The number of aromatic amines is 1. The van der Waals surface area contributed by atoms with E-state index in [1.165, 1.54) is 5.56 Å². The molecule has 2 heterocycles. The molecule has 23 heavy (non-hydrogen) atoms. The molecule has 0 unspecified atom stereocenters. The van der Waals surface area contributed by atoms with E-state index >= 15 is 0 Å². The molecule has 0 spiro atoms.